The van der Waals surface area contributed by atoms with Crippen LogP contribution in [0.15, 0.2) is 12.4 Å². The van der Waals surface area contributed by atoms with Crippen LogP contribution in [0.1, 0.15) is 28.8 Å². The van der Waals surface area contributed by atoms with Crippen molar-refractivity contribution < 1.29 is 9.72 Å². The van der Waals surface area contributed by atoms with Gasteiger partial charge in [0.2, 0.25) is 5.91 Å². The van der Waals surface area contributed by atoms with Crippen LogP contribution in [-0.4, -0.2) is 20.6 Å². The quantitative estimate of drug-likeness (QED) is 0.681. The molecular weight excluding hydrogens is 318 g/mol. The number of hydrogen-bond donors (Lipinski definition) is 1. The number of carbonyl (C=O) groups excluding carboxylic acids is 1. The highest BCUT2D eigenvalue weighted by Gasteiger charge is 2.22. The van der Waals surface area contributed by atoms with E-state index in [-0.39, 0.29) is 18.1 Å². The summed E-state index contributed by atoms with van der Waals surface area (Å²) in [5.74, 6) is -0.363. The van der Waals surface area contributed by atoms with Gasteiger partial charge in [-0.05, 0) is 31.2 Å². The first kappa shape index (κ1) is 15.2. The van der Waals surface area contributed by atoms with Crippen LogP contribution in [0.2, 0.25) is 0 Å². The zero-order chi connectivity index (χ0) is 16.4. The molecular formula is C14H13N5O3S. The minimum atomic E-state index is -0.567. The number of aryl methyl sites for hydroxylation is 1. The Labute approximate surface area is 135 Å². The summed E-state index contributed by atoms with van der Waals surface area (Å²) in [4.78, 5) is 23.3. The number of carbonyl (C=O) groups is 1. The predicted octanol–water partition coefficient (Wildman–Crippen LogP) is 2.24. The summed E-state index contributed by atoms with van der Waals surface area (Å²) in [6, 6.07) is 2.18. The number of anilines is 1. The normalized spacial score (nSPS) is 13.2. The Bertz CT molecular complexity index is 817. The Morgan fingerprint density at radius 2 is 2.30 bits per heavy atom. The van der Waals surface area contributed by atoms with Crippen molar-refractivity contribution in [1.29, 1.82) is 5.26 Å². The van der Waals surface area contributed by atoms with Gasteiger partial charge < -0.3 is 5.32 Å². The molecule has 8 nitrogen and oxygen atoms in total. The van der Waals surface area contributed by atoms with E-state index >= 15 is 0 Å². The zero-order valence-electron chi connectivity index (χ0n) is 12.1. The minimum Gasteiger partial charge on any atom is -0.315 e. The van der Waals surface area contributed by atoms with Gasteiger partial charge in [-0.25, -0.2) is 0 Å². The van der Waals surface area contributed by atoms with Gasteiger partial charge in [0.05, 0.1) is 10.5 Å². The fourth-order valence-corrected chi connectivity index (χ4v) is 3.87. The van der Waals surface area contributed by atoms with Gasteiger partial charge in [0, 0.05) is 4.88 Å². The Kier molecular flexibility index (Phi) is 4.08. The number of amides is 1. The molecule has 0 saturated carbocycles. The molecule has 9 heteroatoms. The highest BCUT2D eigenvalue weighted by Crippen LogP contribution is 2.37. The summed E-state index contributed by atoms with van der Waals surface area (Å²) in [6.45, 7) is -0.138. The van der Waals surface area contributed by atoms with Gasteiger partial charge in [0.25, 0.3) is 0 Å². The average molecular weight is 331 g/mol. The van der Waals surface area contributed by atoms with E-state index in [4.69, 9.17) is 0 Å². The summed E-state index contributed by atoms with van der Waals surface area (Å²) < 4.78 is 1.20. The largest absolute Gasteiger partial charge is 0.315 e. The first-order chi connectivity index (χ1) is 11.1. The van der Waals surface area contributed by atoms with Crippen LogP contribution >= 0.6 is 11.3 Å². The zero-order valence-corrected chi connectivity index (χ0v) is 12.9. The Morgan fingerprint density at radius 1 is 1.52 bits per heavy atom. The number of nitriles is 1. The lowest BCUT2D eigenvalue weighted by molar-refractivity contribution is -0.385. The van der Waals surface area contributed by atoms with E-state index < -0.39 is 4.92 Å². The first-order valence-corrected chi connectivity index (χ1v) is 7.91. The molecule has 0 unspecified atom stereocenters. The van der Waals surface area contributed by atoms with Crippen molar-refractivity contribution in [3.8, 4) is 6.07 Å². The second-order valence-electron chi connectivity index (χ2n) is 5.23. The van der Waals surface area contributed by atoms with Crippen LogP contribution in [0.4, 0.5) is 10.7 Å². The minimum absolute atomic E-state index is 0.138. The van der Waals surface area contributed by atoms with Crippen molar-refractivity contribution >= 4 is 27.9 Å². The van der Waals surface area contributed by atoms with E-state index in [0.717, 1.165) is 42.3 Å². The molecule has 1 aliphatic carbocycles. The summed E-state index contributed by atoms with van der Waals surface area (Å²) >= 11 is 1.44. The number of rotatable bonds is 4. The summed E-state index contributed by atoms with van der Waals surface area (Å²) in [5.41, 5.74) is 1.43. The van der Waals surface area contributed by atoms with Gasteiger partial charge in [0.1, 0.15) is 30.0 Å². The fourth-order valence-electron chi connectivity index (χ4n) is 2.62. The van der Waals surface area contributed by atoms with Crippen LogP contribution < -0.4 is 5.32 Å². The molecule has 118 valence electrons. The molecule has 2 aromatic rings. The lowest BCUT2D eigenvalue weighted by Gasteiger charge is -2.09. The van der Waals surface area contributed by atoms with E-state index in [0.29, 0.717) is 10.6 Å². The Balaban J connectivity index is 1.74. The SMILES string of the molecule is N#Cc1c(NC(=O)Cn2cc([N+](=O)[O-])cn2)sc2c1CCCC2. The van der Waals surface area contributed by atoms with Gasteiger partial charge in [-0.15, -0.1) is 11.3 Å². The molecule has 0 saturated heterocycles. The molecule has 2 heterocycles. The number of nitrogens with one attached hydrogen (secondary N) is 1. The van der Waals surface area contributed by atoms with Crippen molar-refractivity contribution in [2.24, 2.45) is 0 Å². The number of fused-ring (bicyclic) bond motifs is 1. The summed E-state index contributed by atoms with van der Waals surface area (Å²) in [7, 11) is 0. The number of aromatic nitrogens is 2. The van der Waals surface area contributed by atoms with Gasteiger partial charge in [0.15, 0.2) is 0 Å². The number of nitrogens with zero attached hydrogens (tertiary/aromatic N) is 4. The average Bonchev–Trinajstić information content (AvgIpc) is 3.11. The molecule has 3 rings (SSSR count). The van der Waals surface area contributed by atoms with Crippen LogP contribution in [0.5, 0.6) is 0 Å². The number of thiophene rings is 1. The highest BCUT2D eigenvalue weighted by atomic mass is 32.1. The molecule has 0 aliphatic heterocycles. The monoisotopic (exact) mass is 331 g/mol. The molecule has 0 bridgehead atoms. The standard InChI is InChI=1S/C14H13N5O3S/c15-5-11-10-3-1-2-4-12(10)23-14(11)17-13(20)8-18-7-9(6-16-18)19(21)22/h6-7H,1-4,8H2,(H,17,20). The molecule has 0 atom stereocenters. The van der Waals surface area contributed by atoms with Crippen LogP contribution in [-0.2, 0) is 24.2 Å². The van der Waals surface area contributed by atoms with Gasteiger partial charge >= 0.3 is 5.69 Å². The second-order valence-corrected chi connectivity index (χ2v) is 6.33. The van der Waals surface area contributed by atoms with Crippen LogP contribution in [0.25, 0.3) is 0 Å². The molecule has 0 fully saturated rings. The lowest BCUT2D eigenvalue weighted by Crippen LogP contribution is -2.19. The maximum Gasteiger partial charge on any atom is 0.307 e. The molecule has 0 spiro atoms. The van der Waals surface area contributed by atoms with Crippen molar-refractivity contribution in [3.05, 3.63) is 38.5 Å². The van der Waals surface area contributed by atoms with Crippen molar-refractivity contribution in [2.75, 3.05) is 5.32 Å². The van der Waals surface area contributed by atoms with Gasteiger partial charge in [-0.2, -0.15) is 10.4 Å². The highest BCUT2D eigenvalue weighted by molar-refractivity contribution is 7.16. The van der Waals surface area contributed by atoms with Crippen molar-refractivity contribution in [3.63, 3.8) is 0 Å². The molecule has 0 aromatic carbocycles. The van der Waals surface area contributed by atoms with Crippen molar-refractivity contribution in [1.82, 2.24) is 9.78 Å². The van der Waals surface area contributed by atoms with E-state index in [2.05, 4.69) is 16.5 Å². The van der Waals surface area contributed by atoms with E-state index in [1.54, 1.807) is 0 Å². The third-order valence-electron chi connectivity index (χ3n) is 3.67. The lowest BCUT2D eigenvalue weighted by atomic mass is 9.96. The van der Waals surface area contributed by atoms with Crippen LogP contribution in [0.3, 0.4) is 0 Å². The van der Waals surface area contributed by atoms with Crippen LogP contribution in [0, 0.1) is 21.4 Å². The van der Waals surface area contributed by atoms with E-state index in [1.165, 1.54) is 22.2 Å². The van der Waals surface area contributed by atoms with Crippen molar-refractivity contribution in [2.45, 2.75) is 32.2 Å². The smallest absolute Gasteiger partial charge is 0.307 e. The summed E-state index contributed by atoms with van der Waals surface area (Å²) in [6.07, 6.45) is 6.26. The molecule has 23 heavy (non-hydrogen) atoms. The maximum absolute atomic E-state index is 12.1. The molecule has 0 radical (unpaired) electrons. The topological polar surface area (TPSA) is 114 Å². The maximum atomic E-state index is 12.1. The molecule has 1 aliphatic rings. The van der Waals surface area contributed by atoms with Gasteiger partial charge in [-0.1, -0.05) is 0 Å². The van der Waals surface area contributed by atoms with E-state index in [1.807, 2.05) is 0 Å². The fraction of sp³-hybridized carbons (Fsp3) is 0.357. The molecule has 1 N–H and O–H groups in total. The number of hydrogen-bond acceptors (Lipinski definition) is 6. The second kappa shape index (κ2) is 6.18. The predicted molar refractivity (Wildman–Crippen MR) is 83.2 cm³/mol. The third-order valence-corrected chi connectivity index (χ3v) is 4.88. The number of nitro groups is 1. The van der Waals surface area contributed by atoms with E-state index in [9.17, 15) is 20.2 Å². The Hall–Kier alpha value is -2.73. The third kappa shape index (κ3) is 3.07. The molecule has 2 aromatic heterocycles. The summed E-state index contributed by atoms with van der Waals surface area (Å²) in [5, 5.41) is 27.0. The Morgan fingerprint density at radius 3 is 3.00 bits per heavy atom. The first-order valence-electron chi connectivity index (χ1n) is 7.10. The molecule has 1 amide bonds. The van der Waals surface area contributed by atoms with Gasteiger partial charge in [-0.3, -0.25) is 19.6 Å².